The van der Waals surface area contributed by atoms with E-state index in [-0.39, 0.29) is 0 Å². The van der Waals surface area contributed by atoms with E-state index in [0.717, 1.165) is 5.56 Å². The van der Waals surface area contributed by atoms with E-state index in [1.165, 1.54) is 12.3 Å². The average Bonchev–Trinajstić information content (AvgIpc) is 2.72. The van der Waals surface area contributed by atoms with Crippen molar-refractivity contribution >= 4 is 11.8 Å². The Labute approximate surface area is 91.3 Å². The first-order valence-corrected chi connectivity index (χ1v) is 4.54. The highest BCUT2D eigenvalue weighted by Crippen LogP contribution is 2.08. The Balaban J connectivity index is 2.05. The second-order valence-corrected chi connectivity index (χ2v) is 3.04. The molecule has 0 radical (unpaired) electrons. The quantitative estimate of drug-likeness (QED) is 0.676. The van der Waals surface area contributed by atoms with Crippen molar-refractivity contribution in [3.05, 3.63) is 29.7 Å². The summed E-state index contributed by atoms with van der Waals surface area (Å²) in [6.07, 6.45) is 3.14. The second-order valence-electron chi connectivity index (χ2n) is 3.04. The Morgan fingerprint density at radius 2 is 2.44 bits per heavy atom. The zero-order chi connectivity index (χ0) is 11.4. The Kier molecular flexibility index (Phi) is 2.65. The summed E-state index contributed by atoms with van der Waals surface area (Å²) >= 11 is 0. The van der Waals surface area contributed by atoms with Gasteiger partial charge in [-0.15, -0.1) is 0 Å². The van der Waals surface area contributed by atoms with Crippen molar-refractivity contribution in [1.82, 2.24) is 20.2 Å². The van der Waals surface area contributed by atoms with Crippen LogP contribution in [0.4, 0.5) is 11.8 Å². The predicted molar refractivity (Wildman–Crippen MR) is 57.1 cm³/mol. The summed E-state index contributed by atoms with van der Waals surface area (Å²) in [5, 5.41) is 18.0. The molecule has 0 aliphatic rings. The standard InChI is InChI=1S/C9H9N7/c10-3-7-1-2-12-9(15-7)13-4-6-5-14-16-8(6)11/h1-2,5H,4H2,(H3,11,14,16)(H,12,13,15). The molecule has 2 aromatic rings. The largest absolute Gasteiger partial charge is 0.384 e. The van der Waals surface area contributed by atoms with Gasteiger partial charge < -0.3 is 11.1 Å². The number of aromatic amines is 1. The van der Waals surface area contributed by atoms with Crippen LogP contribution in [0, 0.1) is 11.3 Å². The molecular formula is C9H9N7. The van der Waals surface area contributed by atoms with Crippen LogP contribution in [0.3, 0.4) is 0 Å². The van der Waals surface area contributed by atoms with Gasteiger partial charge in [-0.2, -0.15) is 10.4 Å². The molecule has 0 aliphatic carbocycles. The van der Waals surface area contributed by atoms with E-state index in [1.54, 1.807) is 6.20 Å². The number of nitrogen functional groups attached to an aromatic ring is 1. The Hall–Kier alpha value is -2.62. The van der Waals surface area contributed by atoms with Crippen molar-refractivity contribution < 1.29 is 0 Å². The topological polar surface area (TPSA) is 116 Å². The third kappa shape index (κ3) is 2.06. The maximum atomic E-state index is 8.66. The van der Waals surface area contributed by atoms with Crippen molar-refractivity contribution in [1.29, 1.82) is 5.26 Å². The van der Waals surface area contributed by atoms with E-state index in [2.05, 4.69) is 25.5 Å². The molecule has 0 atom stereocenters. The molecule has 0 saturated carbocycles. The lowest BCUT2D eigenvalue weighted by Gasteiger charge is -2.02. The lowest BCUT2D eigenvalue weighted by Crippen LogP contribution is -2.05. The van der Waals surface area contributed by atoms with Crippen LogP contribution in [0.2, 0.25) is 0 Å². The number of nitrogens with one attached hydrogen (secondary N) is 2. The van der Waals surface area contributed by atoms with E-state index in [0.29, 0.717) is 24.0 Å². The maximum absolute atomic E-state index is 8.66. The van der Waals surface area contributed by atoms with Crippen LogP contribution in [-0.4, -0.2) is 20.2 Å². The van der Waals surface area contributed by atoms with Crippen LogP contribution in [0.25, 0.3) is 0 Å². The van der Waals surface area contributed by atoms with E-state index in [1.807, 2.05) is 6.07 Å². The minimum absolute atomic E-state index is 0.317. The monoisotopic (exact) mass is 215 g/mol. The molecule has 2 aromatic heterocycles. The number of hydrogen-bond donors (Lipinski definition) is 3. The summed E-state index contributed by atoms with van der Waals surface area (Å²) in [6, 6.07) is 3.48. The zero-order valence-electron chi connectivity index (χ0n) is 8.31. The number of anilines is 2. The number of H-pyrrole nitrogens is 1. The fourth-order valence-corrected chi connectivity index (χ4v) is 1.14. The van der Waals surface area contributed by atoms with Gasteiger partial charge in [0, 0.05) is 18.3 Å². The van der Waals surface area contributed by atoms with E-state index in [9.17, 15) is 0 Å². The summed E-state index contributed by atoms with van der Waals surface area (Å²) in [4.78, 5) is 7.94. The third-order valence-electron chi connectivity index (χ3n) is 1.96. The molecular weight excluding hydrogens is 206 g/mol. The minimum atomic E-state index is 0.317. The van der Waals surface area contributed by atoms with Crippen molar-refractivity contribution in [2.45, 2.75) is 6.54 Å². The van der Waals surface area contributed by atoms with E-state index in [4.69, 9.17) is 11.0 Å². The first kappa shape index (κ1) is 9.92. The molecule has 80 valence electrons. The van der Waals surface area contributed by atoms with Gasteiger partial charge in [0.05, 0.1) is 6.20 Å². The van der Waals surface area contributed by atoms with Crippen LogP contribution >= 0.6 is 0 Å². The van der Waals surface area contributed by atoms with Gasteiger partial charge in [0.1, 0.15) is 17.6 Å². The Morgan fingerprint density at radius 1 is 1.56 bits per heavy atom. The lowest BCUT2D eigenvalue weighted by atomic mass is 10.3. The van der Waals surface area contributed by atoms with Gasteiger partial charge in [-0.05, 0) is 6.07 Å². The van der Waals surface area contributed by atoms with Crippen LogP contribution in [0.15, 0.2) is 18.5 Å². The summed E-state index contributed by atoms with van der Waals surface area (Å²) in [6.45, 7) is 0.456. The molecule has 0 bridgehead atoms. The Bertz CT molecular complexity index is 525. The van der Waals surface area contributed by atoms with Gasteiger partial charge in [-0.1, -0.05) is 0 Å². The zero-order valence-corrected chi connectivity index (χ0v) is 8.31. The summed E-state index contributed by atoms with van der Waals surface area (Å²) in [7, 11) is 0. The number of nitrogens with zero attached hydrogens (tertiary/aromatic N) is 4. The van der Waals surface area contributed by atoms with Crippen LogP contribution in [0.5, 0.6) is 0 Å². The molecule has 0 unspecified atom stereocenters. The maximum Gasteiger partial charge on any atom is 0.224 e. The molecule has 2 heterocycles. The van der Waals surface area contributed by atoms with E-state index >= 15 is 0 Å². The second kappa shape index (κ2) is 4.27. The molecule has 0 amide bonds. The van der Waals surface area contributed by atoms with Crippen LogP contribution < -0.4 is 11.1 Å². The molecule has 0 spiro atoms. The highest BCUT2D eigenvalue weighted by atomic mass is 15.2. The first-order valence-electron chi connectivity index (χ1n) is 4.54. The van der Waals surface area contributed by atoms with Crippen molar-refractivity contribution in [2.24, 2.45) is 0 Å². The van der Waals surface area contributed by atoms with Crippen molar-refractivity contribution in [2.75, 3.05) is 11.1 Å². The SMILES string of the molecule is N#Cc1ccnc(NCc2cn[nH]c2N)n1. The third-order valence-corrected chi connectivity index (χ3v) is 1.96. The van der Waals surface area contributed by atoms with Gasteiger partial charge in [0.25, 0.3) is 0 Å². The fourth-order valence-electron chi connectivity index (χ4n) is 1.14. The molecule has 2 rings (SSSR count). The number of nitriles is 1. The molecule has 0 aromatic carbocycles. The molecule has 7 heteroatoms. The van der Waals surface area contributed by atoms with E-state index < -0.39 is 0 Å². The number of hydrogen-bond acceptors (Lipinski definition) is 6. The van der Waals surface area contributed by atoms with Crippen LogP contribution in [-0.2, 0) is 6.54 Å². The fraction of sp³-hybridized carbons (Fsp3) is 0.111. The molecule has 4 N–H and O–H groups in total. The minimum Gasteiger partial charge on any atom is -0.384 e. The number of rotatable bonds is 3. The van der Waals surface area contributed by atoms with Gasteiger partial charge >= 0.3 is 0 Å². The Morgan fingerprint density at radius 3 is 3.12 bits per heavy atom. The highest BCUT2D eigenvalue weighted by Gasteiger charge is 2.02. The molecule has 7 nitrogen and oxygen atoms in total. The lowest BCUT2D eigenvalue weighted by molar-refractivity contribution is 1.05. The first-order chi connectivity index (χ1) is 7.79. The molecule has 0 aliphatic heterocycles. The van der Waals surface area contributed by atoms with Gasteiger partial charge in [-0.3, -0.25) is 5.10 Å². The van der Waals surface area contributed by atoms with Crippen molar-refractivity contribution in [3.63, 3.8) is 0 Å². The summed E-state index contributed by atoms with van der Waals surface area (Å²) in [5.74, 6) is 0.892. The normalized spacial score (nSPS) is 9.69. The summed E-state index contributed by atoms with van der Waals surface area (Å²) in [5.41, 5.74) is 6.75. The van der Waals surface area contributed by atoms with Gasteiger partial charge in [0.2, 0.25) is 5.95 Å². The molecule has 0 saturated heterocycles. The smallest absolute Gasteiger partial charge is 0.224 e. The average molecular weight is 215 g/mol. The predicted octanol–water partition coefficient (Wildman–Crippen LogP) is 0.266. The van der Waals surface area contributed by atoms with Gasteiger partial charge in [-0.25, -0.2) is 9.97 Å². The summed E-state index contributed by atoms with van der Waals surface area (Å²) < 4.78 is 0. The van der Waals surface area contributed by atoms with Gasteiger partial charge in [0.15, 0.2) is 0 Å². The molecule has 0 fully saturated rings. The van der Waals surface area contributed by atoms with Crippen molar-refractivity contribution in [3.8, 4) is 6.07 Å². The number of aromatic nitrogens is 4. The van der Waals surface area contributed by atoms with Crippen LogP contribution in [0.1, 0.15) is 11.3 Å². The number of nitrogens with two attached hydrogens (primary N) is 1. The highest BCUT2D eigenvalue weighted by molar-refractivity contribution is 5.40. The molecule has 16 heavy (non-hydrogen) atoms.